The van der Waals surface area contributed by atoms with Gasteiger partial charge in [-0.3, -0.25) is 9.67 Å². The maximum atomic E-state index is 11.2. The standard InChI is InChI=1S/C19H20ClN5O2/c1-21-17-19(3-2-4-19)13-9-14(20)12(8-16(13)22-17)15-7-11-10-24(18(26)27)5-6-25(11)23-15/h7-9H,2-6,10H2,1H3,(H,21,22)(H,26,27). The zero-order valence-electron chi connectivity index (χ0n) is 15.0. The molecule has 1 saturated carbocycles. The van der Waals surface area contributed by atoms with Crippen molar-refractivity contribution in [1.29, 1.82) is 0 Å². The van der Waals surface area contributed by atoms with E-state index in [0.29, 0.717) is 24.7 Å². The number of amides is 1. The van der Waals surface area contributed by atoms with Crippen LogP contribution in [0.1, 0.15) is 30.5 Å². The van der Waals surface area contributed by atoms with E-state index in [1.165, 1.54) is 16.9 Å². The number of anilines is 1. The van der Waals surface area contributed by atoms with E-state index in [9.17, 15) is 9.90 Å². The lowest BCUT2D eigenvalue weighted by Gasteiger charge is -2.38. The number of amidine groups is 1. The summed E-state index contributed by atoms with van der Waals surface area (Å²) in [6, 6.07) is 6.04. The quantitative estimate of drug-likeness (QED) is 0.786. The van der Waals surface area contributed by atoms with Crippen molar-refractivity contribution in [2.24, 2.45) is 4.99 Å². The maximum Gasteiger partial charge on any atom is 0.407 e. The number of hydrogen-bond acceptors (Lipinski definition) is 3. The molecule has 1 aliphatic carbocycles. The molecule has 27 heavy (non-hydrogen) atoms. The highest BCUT2D eigenvalue weighted by Gasteiger charge is 2.49. The van der Waals surface area contributed by atoms with E-state index in [4.69, 9.17) is 11.6 Å². The molecule has 140 valence electrons. The van der Waals surface area contributed by atoms with E-state index in [-0.39, 0.29) is 5.41 Å². The number of benzene rings is 1. The lowest BCUT2D eigenvalue weighted by Crippen LogP contribution is -2.41. The summed E-state index contributed by atoms with van der Waals surface area (Å²) in [4.78, 5) is 17.1. The Hall–Kier alpha value is -2.54. The summed E-state index contributed by atoms with van der Waals surface area (Å²) in [7, 11) is 1.83. The number of nitrogens with one attached hydrogen (secondary N) is 1. The molecular formula is C19H20ClN5O2. The molecule has 3 aliphatic rings. The lowest BCUT2D eigenvalue weighted by molar-refractivity contribution is 0.131. The number of rotatable bonds is 1. The molecule has 0 unspecified atom stereocenters. The smallest absolute Gasteiger partial charge is 0.407 e. The van der Waals surface area contributed by atoms with Gasteiger partial charge in [0.2, 0.25) is 0 Å². The van der Waals surface area contributed by atoms with Gasteiger partial charge in [-0.05, 0) is 36.6 Å². The first-order valence-electron chi connectivity index (χ1n) is 9.15. The van der Waals surface area contributed by atoms with E-state index < -0.39 is 6.09 Å². The van der Waals surface area contributed by atoms with E-state index in [1.807, 2.05) is 17.8 Å². The Morgan fingerprint density at radius 1 is 1.33 bits per heavy atom. The second-order valence-electron chi connectivity index (χ2n) is 7.46. The number of hydrogen-bond donors (Lipinski definition) is 2. The molecule has 8 heteroatoms. The Bertz CT molecular complexity index is 992. The molecule has 5 rings (SSSR count). The highest BCUT2D eigenvalue weighted by molar-refractivity contribution is 6.33. The maximum absolute atomic E-state index is 11.2. The van der Waals surface area contributed by atoms with Crippen molar-refractivity contribution >= 4 is 29.2 Å². The molecule has 1 aromatic carbocycles. The van der Waals surface area contributed by atoms with Gasteiger partial charge in [0.1, 0.15) is 5.84 Å². The molecule has 2 aromatic rings. The zero-order chi connectivity index (χ0) is 18.8. The van der Waals surface area contributed by atoms with E-state index in [0.717, 1.165) is 41.3 Å². The minimum atomic E-state index is -0.902. The van der Waals surface area contributed by atoms with Crippen molar-refractivity contribution in [2.75, 3.05) is 18.9 Å². The third-order valence-electron chi connectivity index (χ3n) is 6.10. The molecule has 1 aromatic heterocycles. The summed E-state index contributed by atoms with van der Waals surface area (Å²) in [6.07, 6.45) is 2.49. The molecule has 1 fully saturated rings. The zero-order valence-corrected chi connectivity index (χ0v) is 15.8. The molecule has 0 bridgehead atoms. The normalized spacial score (nSPS) is 21.0. The summed E-state index contributed by atoms with van der Waals surface area (Å²) in [6.45, 7) is 1.35. The third kappa shape index (κ3) is 2.31. The number of aromatic nitrogens is 2. The van der Waals surface area contributed by atoms with Crippen LogP contribution >= 0.6 is 11.6 Å². The van der Waals surface area contributed by atoms with Gasteiger partial charge in [-0.25, -0.2) is 4.79 Å². The van der Waals surface area contributed by atoms with Crippen molar-refractivity contribution in [3.8, 4) is 11.3 Å². The van der Waals surface area contributed by atoms with Crippen molar-refractivity contribution in [3.63, 3.8) is 0 Å². The molecule has 0 saturated heterocycles. The van der Waals surface area contributed by atoms with Crippen molar-refractivity contribution in [3.05, 3.63) is 34.5 Å². The highest BCUT2D eigenvalue weighted by atomic mass is 35.5. The highest BCUT2D eigenvalue weighted by Crippen LogP contribution is 2.53. The Morgan fingerprint density at radius 3 is 2.81 bits per heavy atom. The minimum absolute atomic E-state index is 0.00167. The molecule has 2 N–H and O–H groups in total. The average molecular weight is 386 g/mol. The topological polar surface area (TPSA) is 82.8 Å². The van der Waals surface area contributed by atoms with Crippen LogP contribution in [0.4, 0.5) is 10.5 Å². The van der Waals surface area contributed by atoms with Gasteiger partial charge in [0.05, 0.1) is 34.9 Å². The largest absolute Gasteiger partial charge is 0.465 e. The van der Waals surface area contributed by atoms with Crippen molar-refractivity contribution in [1.82, 2.24) is 14.7 Å². The SMILES string of the molecule is CN=C1Nc2cc(-c3cc4n(n3)CCN(C(=O)O)C4)c(Cl)cc2C12CCC2. The van der Waals surface area contributed by atoms with Crippen molar-refractivity contribution in [2.45, 2.75) is 37.8 Å². The number of halogens is 1. The summed E-state index contributed by atoms with van der Waals surface area (Å²) < 4.78 is 1.87. The molecule has 7 nitrogen and oxygen atoms in total. The molecule has 0 atom stereocenters. The fourth-order valence-corrected chi connectivity index (χ4v) is 4.77. The van der Waals surface area contributed by atoms with Crippen LogP contribution in [0.15, 0.2) is 23.2 Å². The van der Waals surface area contributed by atoms with Crippen LogP contribution in [-0.2, 0) is 18.5 Å². The average Bonchev–Trinajstić information content (AvgIpc) is 3.17. The van der Waals surface area contributed by atoms with Gasteiger partial charge >= 0.3 is 6.09 Å². The molecule has 2 aliphatic heterocycles. The van der Waals surface area contributed by atoms with Gasteiger partial charge in [0.15, 0.2) is 0 Å². The Kier molecular flexibility index (Phi) is 3.53. The summed E-state index contributed by atoms with van der Waals surface area (Å²) >= 11 is 6.66. The monoisotopic (exact) mass is 385 g/mol. The van der Waals surface area contributed by atoms with Crippen LogP contribution in [0.5, 0.6) is 0 Å². The Labute approximate surface area is 161 Å². The third-order valence-corrected chi connectivity index (χ3v) is 6.42. The van der Waals surface area contributed by atoms with Crippen LogP contribution in [0.2, 0.25) is 5.02 Å². The van der Waals surface area contributed by atoms with Crippen LogP contribution in [0.25, 0.3) is 11.3 Å². The second kappa shape index (κ2) is 5.73. The molecule has 1 spiro atoms. The van der Waals surface area contributed by atoms with Crippen LogP contribution in [0, 0.1) is 0 Å². The minimum Gasteiger partial charge on any atom is -0.465 e. The fraction of sp³-hybridized carbons (Fsp3) is 0.421. The molecule has 0 radical (unpaired) electrons. The fourth-order valence-electron chi connectivity index (χ4n) is 4.51. The first-order valence-corrected chi connectivity index (χ1v) is 9.53. The number of aliphatic imine (C=N–C) groups is 1. The van der Waals surface area contributed by atoms with Gasteiger partial charge in [-0.1, -0.05) is 18.0 Å². The first-order chi connectivity index (χ1) is 13.0. The summed E-state index contributed by atoms with van der Waals surface area (Å²) in [5.41, 5.74) is 4.79. The van der Waals surface area contributed by atoms with Crippen LogP contribution in [0.3, 0.4) is 0 Å². The van der Waals surface area contributed by atoms with Gasteiger partial charge in [0, 0.05) is 24.8 Å². The molecule has 3 heterocycles. The van der Waals surface area contributed by atoms with E-state index in [1.54, 1.807) is 0 Å². The van der Waals surface area contributed by atoms with E-state index in [2.05, 4.69) is 27.5 Å². The first kappa shape index (κ1) is 16.6. The molecular weight excluding hydrogens is 366 g/mol. The van der Waals surface area contributed by atoms with E-state index >= 15 is 0 Å². The van der Waals surface area contributed by atoms with Gasteiger partial charge in [-0.15, -0.1) is 0 Å². The van der Waals surface area contributed by atoms with Gasteiger partial charge in [-0.2, -0.15) is 5.10 Å². The number of carbonyl (C=O) groups is 1. The lowest BCUT2D eigenvalue weighted by atomic mass is 9.65. The predicted octanol–water partition coefficient (Wildman–Crippen LogP) is 3.57. The number of carboxylic acid groups (broad SMARTS) is 1. The Morgan fingerprint density at radius 2 is 2.15 bits per heavy atom. The summed E-state index contributed by atoms with van der Waals surface area (Å²) in [5, 5.41) is 18.0. The number of nitrogens with zero attached hydrogens (tertiary/aromatic N) is 4. The van der Waals surface area contributed by atoms with Crippen LogP contribution < -0.4 is 5.32 Å². The number of fused-ring (bicyclic) bond motifs is 3. The van der Waals surface area contributed by atoms with Crippen LogP contribution in [-0.4, -0.2) is 45.3 Å². The Balaban J connectivity index is 1.54. The predicted molar refractivity (Wildman–Crippen MR) is 104 cm³/mol. The van der Waals surface area contributed by atoms with Gasteiger partial charge < -0.3 is 15.3 Å². The molecule has 1 amide bonds. The summed E-state index contributed by atoms with van der Waals surface area (Å²) in [5.74, 6) is 1.03. The van der Waals surface area contributed by atoms with Crippen molar-refractivity contribution < 1.29 is 9.90 Å². The second-order valence-corrected chi connectivity index (χ2v) is 7.87. The van der Waals surface area contributed by atoms with Gasteiger partial charge in [0.25, 0.3) is 0 Å².